The average Bonchev–Trinajstić information content (AvgIpc) is 3.29. The van der Waals surface area contributed by atoms with Crippen molar-refractivity contribution in [3.8, 4) is 0 Å². The molecule has 1 heterocycles. The fourth-order valence-corrected chi connectivity index (χ4v) is 3.69. The van der Waals surface area contributed by atoms with E-state index < -0.39 is 0 Å². The lowest BCUT2D eigenvalue weighted by atomic mass is 10.0. The number of rotatable bonds is 7. The quantitative estimate of drug-likeness (QED) is 0.578. The lowest BCUT2D eigenvalue weighted by Crippen LogP contribution is -2.30. The first kappa shape index (κ1) is 20.5. The SMILES string of the molecule is CCN(CC)C(=O)c1ccc(NC(=O)c2ccccc2C(=O)c2cccs2)cc1. The summed E-state index contributed by atoms with van der Waals surface area (Å²) >= 11 is 1.34. The summed E-state index contributed by atoms with van der Waals surface area (Å²) in [6.45, 7) is 5.15. The monoisotopic (exact) mass is 406 g/mol. The van der Waals surface area contributed by atoms with Gasteiger partial charge in [0.1, 0.15) is 0 Å². The summed E-state index contributed by atoms with van der Waals surface area (Å²) in [6.07, 6.45) is 0. The molecule has 0 fully saturated rings. The van der Waals surface area contributed by atoms with E-state index in [-0.39, 0.29) is 17.6 Å². The van der Waals surface area contributed by atoms with Gasteiger partial charge in [0.25, 0.3) is 11.8 Å². The molecule has 0 spiro atoms. The van der Waals surface area contributed by atoms with Gasteiger partial charge < -0.3 is 10.2 Å². The first-order valence-electron chi connectivity index (χ1n) is 9.43. The number of thiophene rings is 1. The molecule has 0 atom stereocenters. The van der Waals surface area contributed by atoms with Crippen LogP contribution in [0, 0.1) is 0 Å². The van der Waals surface area contributed by atoms with Crippen molar-refractivity contribution in [2.75, 3.05) is 18.4 Å². The third-order valence-corrected chi connectivity index (χ3v) is 5.47. The molecule has 0 aliphatic rings. The lowest BCUT2D eigenvalue weighted by molar-refractivity contribution is 0.0772. The van der Waals surface area contributed by atoms with Crippen molar-refractivity contribution < 1.29 is 14.4 Å². The van der Waals surface area contributed by atoms with Gasteiger partial charge in [0.2, 0.25) is 5.78 Å². The van der Waals surface area contributed by atoms with Gasteiger partial charge >= 0.3 is 0 Å². The van der Waals surface area contributed by atoms with E-state index in [1.165, 1.54) is 11.3 Å². The van der Waals surface area contributed by atoms with Crippen LogP contribution in [0.2, 0.25) is 0 Å². The highest BCUT2D eigenvalue weighted by molar-refractivity contribution is 7.12. The molecule has 0 saturated carbocycles. The molecular formula is C23H22N2O3S. The number of anilines is 1. The Bertz CT molecular complexity index is 1010. The summed E-state index contributed by atoms with van der Waals surface area (Å²) in [5.41, 5.74) is 1.81. The number of hydrogen-bond acceptors (Lipinski definition) is 4. The molecule has 0 radical (unpaired) electrons. The molecule has 1 N–H and O–H groups in total. The van der Waals surface area contributed by atoms with Crippen molar-refractivity contribution in [3.63, 3.8) is 0 Å². The van der Waals surface area contributed by atoms with E-state index in [1.807, 2.05) is 25.3 Å². The van der Waals surface area contributed by atoms with Gasteiger partial charge in [-0.25, -0.2) is 0 Å². The minimum absolute atomic E-state index is 0.0419. The smallest absolute Gasteiger partial charge is 0.256 e. The molecule has 0 bridgehead atoms. The van der Waals surface area contributed by atoms with Crippen LogP contribution in [0.5, 0.6) is 0 Å². The summed E-state index contributed by atoms with van der Waals surface area (Å²) < 4.78 is 0. The molecule has 2 aromatic carbocycles. The van der Waals surface area contributed by atoms with Crippen LogP contribution in [0.4, 0.5) is 5.69 Å². The second kappa shape index (κ2) is 9.30. The first-order valence-corrected chi connectivity index (χ1v) is 10.3. The van der Waals surface area contributed by atoms with Crippen molar-refractivity contribution in [2.24, 2.45) is 0 Å². The molecule has 2 amide bonds. The maximum Gasteiger partial charge on any atom is 0.256 e. The van der Waals surface area contributed by atoms with E-state index in [0.717, 1.165) is 0 Å². The van der Waals surface area contributed by atoms with E-state index in [4.69, 9.17) is 0 Å². The van der Waals surface area contributed by atoms with Gasteiger partial charge in [-0.1, -0.05) is 24.3 Å². The van der Waals surface area contributed by atoms with E-state index in [1.54, 1.807) is 59.5 Å². The minimum Gasteiger partial charge on any atom is -0.339 e. The number of amides is 2. The Kier molecular flexibility index (Phi) is 6.57. The number of hydrogen-bond donors (Lipinski definition) is 1. The zero-order valence-corrected chi connectivity index (χ0v) is 17.2. The molecule has 148 valence electrons. The third-order valence-electron chi connectivity index (χ3n) is 4.60. The number of nitrogens with one attached hydrogen (secondary N) is 1. The van der Waals surface area contributed by atoms with Crippen molar-refractivity contribution in [2.45, 2.75) is 13.8 Å². The number of carbonyl (C=O) groups excluding carboxylic acids is 3. The fraction of sp³-hybridized carbons (Fsp3) is 0.174. The van der Waals surface area contributed by atoms with E-state index in [2.05, 4.69) is 5.32 Å². The summed E-state index contributed by atoms with van der Waals surface area (Å²) in [5.74, 6) is -0.584. The fourth-order valence-electron chi connectivity index (χ4n) is 3.01. The highest BCUT2D eigenvalue weighted by atomic mass is 32.1. The first-order chi connectivity index (χ1) is 14.0. The van der Waals surface area contributed by atoms with Crippen molar-refractivity contribution in [1.29, 1.82) is 0 Å². The Balaban J connectivity index is 1.78. The Hall–Kier alpha value is -3.25. The third kappa shape index (κ3) is 4.60. The molecule has 3 rings (SSSR count). The molecule has 0 saturated heterocycles. The van der Waals surface area contributed by atoms with Crippen LogP contribution in [0.25, 0.3) is 0 Å². The summed E-state index contributed by atoms with van der Waals surface area (Å²) in [6, 6.07) is 17.1. The number of ketones is 1. The van der Waals surface area contributed by atoms with Crippen LogP contribution in [-0.4, -0.2) is 35.6 Å². The summed E-state index contributed by atoms with van der Waals surface area (Å²) in [4.78, 5) is 40.2. The Labute approximate surface area is 174 Å². The predicted octanol–water partition coefficient (Wildman–Crippen LogP) is 4.71. The molecule has 0 aliphatic heterocycles. The van der Waals surface area contributed by atoms with Crippen LogP contribution < -0.4 is 5.32 Å². The highest BCUT2D eigenvalue weighted by Crippen LogP contribution is 2.20. The predicted molar refractivity (Wildman–Crippen MR) is 116 cm³/mol. The van der Waals surface area contributed by atoms with Gasteiger partial charge in [-0.05, 0) is 55.6 Å². The normalized spacial score (nSPS) is 10.4. The average molecular weight is 407 g/mol. The molecule has 3 aromatic rings. The summed E-state index contributed by atoms with van der Waals surface area (Å²) in [7, 11) is 0. The summed E-state index contributed by atoms with van der Waals surface area (Å²) in [5, 5.41) is 4.64. The molecule has 1 aromatic heterocycles. The van der Waals surface area contributed by atoms with E-state index in [9.17, 15) is 14.4 Å². The standard InChI is InChI=1S/C23H22N2O3S/c1-3-25(4-2)23(28)16-11-13-17(14-12-16)24-22(27)19-9-6-5-8-18(19)21(26)20-10-7-15-29-20/h5-15H,3-4H2,1-2H3,(H,24,27). The molecule has 6 heteroatoms. The second-order valence-corrected chi connectivity index (χ2v) is 7.31. The van der Waals surface area contributed by atoms with Crippen LogP contribution >= 0.6 is 11.3 Å². The molecule has 29 heavy (non-hydrogen) atoms. The van der Waals surface area contributed by atoms with E-state index in [0.29, 0.717) is 40.3 Å². The number of benzene rings is 2. The molecule has 5 nitrogen and oxygen atoms in total. The topological polar surface area (TPSA) is 66.5 Å². The van der Waals surface area contributed by atoms with Gasteiger partial charge in [0, 0.05) is 29.9 Å². The Morgan fingerprint density at radius 1 is 0.862 bits per heavy atom. The Morgan fingerprint density at radius 2 is 1.52 bits per heavy atom. The zero-order valence-electron chi connectivity index (χ0n) is 16.3. The van der Waals surface area contributed by atoms with E-state index >= 15 is 0 Å². The van der Waals surface area contributed by atoms with Crippen LogP contribution in [-0.2, 0) is 0 Å². The minimum atomic E-state index is -0.367. The van der Waals surface area contributed by atoms with Crippen molar-refractivity contribution in [3.05, 3.63) is 87.6 Å². The highest BCUT2D eigenvalue weighted by Gasteiger charge is 2.19. The Morgan fingerprint density at radius 3 is 2.10 bits per heavy atom. The second-order valence-electron chi connectivity index (χ2n) is 6.36. The maximum absolute atomic E-state index is 12.8. The largest absolute Gasteiger partial charge is 0.339 e. The van der Waals surface area contributed by atoms with Crippen LogP contribution in [0.1, 0.15) is 49.8 Å². The van der Waals surface area contributed by atoms with Crippen LogP contribution in [0.15, 0.2) is 66.0 Å². The zero-order chi connectivity index (χ0) is 20.8. The van der Waals surface area contributed by atoms with Gasteiger partial charge in [-0.3, -0.25) is 14.4 Å². The van der Waals surface area contributed by atoms with Gasteiger partial charge in [0.05, 0.1) is 10.4 Å². The number of nitrogens with zero attached hydrogens (tertiary/aromatic N) is 1. The van der Waals surface area contributed by atoms with Gasteiger partial charge in [-0.2, -0.15) is 0 Å². The molecule has 0 unspecified atom stereocenters. The van der Waals surface area contributed by atoms with Crippen molar-refractivity contribution in [1.82, 2.24) is 4.90 Å². The van der Waals surface area contributed by atoms with Gasteiger partial charge in [-0.15, -0.1) is 11.3 Å². The van der Waals surface area contributed by atoms with Gasteiger partial charge in [0.15, 0.2) is 0 Å². The van der Waals surface area contributed by atoms with Crippen molar-refractivity contribution >= 4 is 34.6 Å². The molecule has 0 aliphatic carbocycles. The maximum atomic E-state index is 12.8. The van der Waals surface area contributed by atoms with Crippen LogP contribution in [0.3, 0.4) is 0 Å². The molecular weight excluding hydrogens is 384 g/mol. The number of carbonyl (C=O) groups is 3. The lowest BCUT2D eigenvalue weighted by Gasteiger charge is -2.18.